The molecule has 1 nitrogen and oxygen atoms in total. The number of aliphatic hydroxyl groups is 1. The van der Waals surface area contributed by atoms with Gasteiger partial charge in [-0.2, -0.15) is 0 Å². The molecule has 0 amide bonds. The highest BCUT2D eigenvalue weighted by Crippen LogP contribution is 2.47. The van der Waals surface area contributed by atoms with E-state index >= 15 is 0 Å². The van der Waals surface area contributed by atoms with E-state index in [1.54, 1.807) is 0 Å². The van der Waals surface area contributed by atoms with Crippen molar-refractivity contribution in [3.05, 3.63) is 29.8 Å². The number of thioether (sulfide) groups is 1. The highest BCUT2D eigenvalue weighted by Gasteiger charge is 2.43. The maximum Gasteiger partial charge on any atom is 0.0527 e. The van der Waals surface area contributed by atoms with Gasteiger partial charge in [-0.25, -0.2) is 0 Å². The molecule has 2 rings (SSSR count). The normalized spacial score (nSPS) is 18.1. The van der Waals surface area contributed by atoms with Crippen LogP contribution >= 0.6 is 11.8 Å². The summed E-state index contributed by atoms with van der Waals surface area (Å²) in [4.78, 5) is 1.32. The minimum absolute atomic E-state index is 0.112. The minimum atomic E-state index is 0.112. The van der Waals surface area contributed by atoms with Crippen LogP contribution in [0.2, 0.25) is 0 Å². The molecule has 0 atom stereocenters. The van der Waals surface area contributed by atoms with Crippen molar-refractivity contribution in [2.24, 2.45) is 0 Å². The molecule has 1 aliphatic carbocycles. The van der Waals surface area contributed by atoms with Crippen molar-refractivity contribution in [2.75, 3.05) is 6.61 Å². The number of rotatable bonds is 4. The third-order valence-electron chi connectivity index (χ3n) is 2.99. The Balaban J connectivity index is 2.10. The van der Waals surface area contributed by atoms with Crippen LogP contribution in [-0.4, -0.2) is 17.0 Å². The van der Waals surface area contributed by atoms with Gasteiger partial charge in [0.2, 0.25) is 0 Å². The molecule has 0 saturated heterocycles. The summed E-state index contributed by atoms with van der Waals surface area (Å²) in [6.45, 7) is 4.70. The molecule has 0 spiro atoms. The quantitative estimate of drug-likeness (QED) is 0.789. The molecule has 0 heterocycles. The van der Waals surface area contributed by atoms with E-state index in [2.05, 4.69) is 38.1 Å². The van der Waals surface area contributed by atoms with Crippen molar-refractivity contribution < 1.29 is 5.11 Å². The highest BCUT2D eigenvalue weighted by atomic mass is 32.2. The van der Waals surface area contributed by atoms with E-state index in [4.69, 9.17) is 0 Å². The van der Waals surface area contributed by atoms with Crippen molar-refractivity contribution in [3.63, 3.8) is 0 Å². The van der Waals surface area contributed by atoms with Crippen LogP contribution in [0.25, 0.3) is 0 Å². The van der Waals surface area contributed by atoms with E-state index in [1.807, 2.05) is 11.8 Å². The van der Waals surface area contributed by atoms with Crippen molar-refractivity contribution >= 4 is 11.8 Å². The first-order valence-electron chi connectivity index (χ1n) is 5.54. The van der Waals surface area contributed by atoms with E-state index in [1.165, 1.54) is 10.5 Å². The van der Waals surface area contributed by atoms with Crippen LogP contribution in [0.1, 0.15) is 32.3 Å². The van der Waals surface area contributed by atoms with Crippen LogP contribution in [0.4, 0.5) is 0 Å². The molecule has 1 aromatic rings. The molecular weight excluding hydrogens is 204 g/mol. The molecule has 1 aromatic carbocycles. The average Bonchev–Trinajstić information content (AvgIpc) is 2.99. The van der Waals surface area contributed by atoms with Gasteiger partial charge in [-0.15, -0.1) is 11.8 Å². The average molecular weight is 222 g/mol. The van der Waals surface area contributed by atoms with Crippen LogP contribution < -0.4 is 0 Å². The first-order chi connectivity index (χ1) is 7.16. The van der Waals surface area contributed by atoms with E-state index in [9.17, 15) is 5.11 Å². The fourth-order valence-electron chi connectivity index (χ4n) is 1.85. The molecule has 0 bridgehead atoms. The predicted molar refractivity (Wildman–Crippen MR) is 65.4 cm³/mol. The summed E-state index contributed by atoms with van der Waals surface area (Å²) in [5.74, 6) is 0. The second kappa shape index (κ2) is 4.18. The van der Waals surface area contributed by atoms with Crippen LogP contribution in [-0.2, 0) is 5.41 Å². The Morgan fingerprint density at radius 2 is 1.87 bits per heavy atom. The van der Waals surface area contributed by atoms with Gasteiger partial charge in [0.25, 0.3) is 0 Å². The maximum atomic E-state index is 9.32. The summed E-state index contributed by atoms with van der Waals surface area (Å²) in [6.07, 6.45) is 2.28. The Labute approximate surface area is 95.9 Å². The van der Waals surface area contributed by atoms with Gasteiger partial charge in [0.1, 0.15) is 0 Å². The Bertz CT molecular complexity index is 325. The zero-order chi connectivity index (χ0) is 10.9. The molecule has 0 aliphatic heterocycles. The van der Waals surface area contributed by atoms with E-state index < -0.39 is 0 Å². The Morgan fingerprint density at radius 3 is 2.27 bits per heavy atom. The van der Waals surface area contributed by atoms with Crippen LogP contribution in [0.3, 0.4) is 0 Å². The van der Waals surface area contributed by atoms with Crippen LogP contribution in [0.5, 0.6) is 0 Å². The third kappa shape index (κ3) is 2.37. The Morgan fingerprint density at radius 1 is 1.27 bits per heavy atom. The van der Waals surface area contributed by atoms with Gasteiger partial charge in [-0.3, -0.25) is 0 Å². The summed E-state index contributed by atoms with van der Waals surface area (Å²) in [7, 11) is 0. The van der Waals surface area contributed by atoms with Crippen molar-refractivity contribution in [3.8, 4) is 0 Å². The maximum absolute atomic E-state index is 9.32. The summed E-state index contributed by atoms with van der Waals surface area (Å²) in [5.41, 5.74) is 1.42. The summed E-state index contributed by atoms with van der Waals surface area (Å²) in [5, 5.41) is 9.95. The first kappa shape index (κ1) is 11.0. The van der Waals surface area contributed by atoms with Gasteiger partial charge in [0, 0.05) is 15.6 Å². The second-order valence-electron chi connectivity index (χ2n) is 4.63. The topological polar surface area (TPSA) is 20.2 Å². The zero-order valence-corrected chi connectivity index (χ0v) is 10.2. The fourth-order valence-corrected chi connectivity index (χ4v) is 2.69. The van der Waals surface area contributed by atoms with Gasteiger partial charge in [0.05, 0.1) is 6.61 Å². The number of hydrogen-bond acceptors (Lipinski definition) is 2. The Hall–Kier alpha value is -0.470. The molecule has 0 radical (unpaired) electrons. The highest BCUT2D eigenvalue weighted by molar-refractivity contribution is 7.99. The molecule has 0 unspecified atom stereocenters. The molecule has 1 aliphatic rings. The van der Waals surface area contributed by atoms with Gasteiger partial charge < -0.3 is 5.11 Å². The summed E-state index contributed by atoms with van der Waals surface area (Å²) in [6, 6.07) is 8.70. The lowest BCUT2D eigenvalue weighted by molar-refractivity contribution is 0.255. The number of benzene rings is 1. The lowest BCUT2D eigenvalue weighted by atomic mass is 9.97. The first-order valence-corrected chi connectivity index (χ1v) is 6.42. The summed E-state index contributed by atoms with van der Waals surface area (Å²) < 4.78 is 0. The van der Waals surface area contributed by atoms with Crippen molar-refractivity contribution in [1.82, 2.24) is 0 Å². The molecule has 1 fully saturated rings. The molecule has 2 heteroatoms. The lowest BCUT2D eigenvalue weighted by Crippen LogP contribution is -2.11. The molecule has 15 heavy (non-hydrogen) atoms. The molecular formula is C13H18OS. The standard InChI is InChI=1S/C13H18OS/c1-10(2)15-12-5-3-11(4-6-12)13(9-14)7-8-13/h3-6,10,14H,7-9H2,1-2H3. The molecule has 1 saturated carbocycles. The van der Waals surface area contributed by atoms with E-state index in [0.717, 1.165) is 12.8 Å². The minimum Gasteiger partial charge on any atom is -0.395 e. The third-order valence-corrected chi connectivity index (χ3v) is 4.01. The van der Waals surface area contributed by atoms with Crippen molar-refractivity contribution in [1.29, 1.82) is 0 Å². The SMILES string of the molecule is CC(C)Sc1ccc(C2(CO)CC2)cc1. The zero-order valence-electron chi connectivity index (χ0n) is 9.36. The monoisotopic (exact) mass is 222 g/mol. The van der Waals surface area contributed by atoms with E-state index in [0.29, 0.717) is 11.9 Å². The van der Waals surface area contributed by atoms with Crippen LogP contribution in [0.15, 0.2) is 29.2 Å². The van der Waals surface area contributed by atoms with Gasteiger partial charge in [-0.05, 0) is 30.5 Å². The molecule has 82 valence electrons. The fraction of sp³-hybridized carbons (Fsp3) is 0.538. The lowest BCUT2D eigenvalue weighted by Gasteiger charge is -2.13. The second-order valence-corrected chi connectivity index (χ2v) is 6.28. The largest absolute Gasteiger partial charge is 0.395 e. The number of aliphatic hydroxyl groups excluding tert-OH is 1. The molecule has 1 N–H and O–H groups in total. The molecule has 0 aromatic heterocycles. The van der Waals surface area contributed by atoms with Gasteiger partial charge in [0.15, 0.2) is 0 Å². The summed E-state index contributed by atoms with van der Waals surface area (Å²) >= 11 is 1.88. The smallest absolute Gasteiger partial charge is 0.0527 e. The predicted octanol–water partition coefficient (Wildman–Crippen LogP) is 3.21. The van der Waals surface area contributed by atoms with Crippen LogP contribution in [0, 0.1) is 0 Å². The van der Waals surface area contributed by atoms with Gasteiger partial charge >= 0.3 is 0 Å². The number of hydrogen-bond donors (Lipinski definition) is 1. The van der Waals surface area contributed by atoms with Gasteiger partial charge in [-0.1, -0.05) is 26.0 Å². The Kier molecular flexibility index (Phi) is 3.08. The van der Waals surface area contributed by atoms with E-state index in [-0.39, 0.29) is 5.41 Å². The van der Waals surface area contributed by atoms with Crippen molar-refractivity contribution in [2.45, 2.75) is 42.2 Å².